The highest BCUT2D eigenvalue weighted by Crippen LogP contribution is 2.26. The van der Waals surface area contributed by atoms with Crippen molar-refractivity contribution in [3.63, 3.8) is 0 Å². The van der Waals surface area contributed by atoms with Gasteiger partial charge in [-0.25, -0.2) is 0 Å². The van der Waals surface area contributed by atoms with Gasteiger partial charge in [-0.3, -0.25) is 0 Å². The van der Waals surface area contributed by atoms with Crippen molar-refractivity contribution >= 4 is 17.6 Å². The van der Waals surface area contributed by atoms with Crippen LogP contribution in [0.1, 0.15) is 66.2 Å². The summed E-state index contributed by atoms with van der Waals surface area (Å²) in [6, 6.07) is 1.53. The lowest BCUT2D eigenvalue weighted by Gasteiger charge is -2.36. The van der Waals surface area contributed by atoms with E-state index < -0.39 is 17.6 Å². The van der Waals surface area contributed by atoms with Crippen molar-refractivity contribution in [3.05, 3.63) is 0 Å². The summed E-state index contributed by atoms with van der Waals surface area (Å²) in [4.78, 5) is 5.02. The molecule has 0 saturated carbocycles. The molecule has 0 rings (SSSR count). The second-order valence-corrected chi connectivity index (χ2v) is 14.4. The molecule has 0 fully saturated rings. The fourth-order valence-corrected chi connectivity index (χ4v) is 10.4. The molecule has 0 heterocycles. The molecular weight excluding hydrogens is 428 g/mol. The van der Waals surface area contributed by atoms with Gasteiger partial charge < -0.3 is 31.6 Å². The van der Waals surface area contributed by atoms with Gasteiger partial charge in [0.2, 0.25) is 0 Å². The molecule has 0 unspecified atom stereocenters. The number of nitrogens with zero attached hydrogens (tertiary/aromatic N) is 2. The third-order valence-corrected chi connectivity index (χ3v) is 12.5. The molecule has 0 amide bonds. The Morgan fingerprint density at radius 1 is 0.484 bits per heavy atom. The van der Waals surface area contributed by atoms with E-state index in [2.05, 4.69) is 37.5 Å². The summed E-state index contributed by atoms with van der Waals surface area (Å²) in [6.07, 6.45) is 6.64. The lowest BCUT2D eigenvalue weighted by Crippen LogP contribution is -2.57. The van der Waals surface area contributed by atoms with Crippen molar-refractivity contribution in [1.29, 1.82) is 0 Å². The molecular formula is C22H52N2O5Si2. The molecule has 0 aliphatic rings. The second-order valence-electron chi connectivity index (χ2n) is 8.17. The molecule has 31 heavy (non-hydrogen) atoms. The minimum Gasteiger partial charge on any atom is -0.377 e. The van der Waals surface area contributed by atoms with Crippen LogP contribution in [0, 0.1) is 0 Å². The maximum absolute atomic E-state index is 6.58. The zero-order valence-electron chi connectivity index (χ0n) is 21.8. The Balaban J connectivity index is 5.03. The lowest BCUT2D eigenvalue weighted by atomic mass is 10.3. The van der Waals surface area contributed by atoms with Gasteiger partial charge in [-0.1, -0.05) is 27.7 Å². The first-order valence-corrected chi connectivity index (χ1v) is 16.2. The Labute approximate surface area is 195 Å². The average Bonchev–Trinajstić information content (AvgIpc) is 2.78. The molecule has 188 valence electrons. The third-order valence-electron chi connectivity index (χ3n) is 5.63. The van der Waals surface area contributed by atoms with E-state index >= 15 is 0 Å². The number of rotatable bonds is 22. The summed E-state index contributed by atoms with van der Waals surface area (Å²) in [5.41, 5.74) is 0. The zero-order valence-corrected chi connectivity index (χ0v) is 23.8. The maximum atomic E-state index is 6.58. The van der Waals surface area contributed by atoms with E-state index in [0.29, 0.717) is 0 Å². The molecule has 0 aliphatic carbocycles. The molecule has 0 aromatic rings. The SMILES string of the molecule is CCCN(CCC)CCC[Si](OC)(OC)O[Si](CCCN(CCC)CCC)(OC)OC. The van der Waals surface area contributed by atoms with Crippen LogP contribution in [0.5, 0.6) is 0 Å². The Morgan fingerprint density at radius 2 is 0.774 bits per heavy atom. The molecule has 0 N–H and O–H groups in total. The summed E-state index contributed by atoms with van der Waals surface area (Å²) in [5, 5.41) is 0. The minimum absolute atomic E-state index is 0.767. The normalized spacial score (nSPS) is 13.0. The van der Waals surface area contributed by atoms with Crippen molar-refractivity contribution in [2.45, 2.75) is 78.3 Å². The van der Waals surface area contributed by atoms with Crippen molar-refractivity contribution < 1.29 is 21.8 Å². The summed E-state index contributed by atoms with van der Waals surface area (Å²) < 4.78 is 30.1. The fourth-order valence-electron chi connectivity index (χ4n) is 4.05. The summed E-state index contributed by atoms with van der Waals surface area (Å²) >= 11 is 0. The minimum atomic E-state index is -2.87. The quantitative estimate of drug-likeness (QED) is 0.212. The van der Waals surface area contributed by atoms with Crippen LogP contribution in [0.15, 0.2) is 0 Å². The van der Waals surface area contributed by atoms with Crippen molar-refractivity contribution in [3.8, 4) is 0 Å². The molecule has 0 aromatic heterocycles. The fraction of sp³-hybridized carbons (Fsp3) is 1.00. The first-order chi connectivity index (χ1) is 14.9. The third kappa shape index (κ3) is 12.3. The molecule has 0 spiro atoms. The largest absolute Gasteiger partial charge is 0.493 e. The van der Waals surface area contributed by atoms with Crippen molar-refractivity contribution in [1.82, 2.24) is 9.80 Å². The van der Waals surface area contributed by atoms with Gasteiger partial charge in [0.15, 0.2) is 0 Å². The second kappa shape index (κ2) is 18.6. The smallest absolute Gasteiger partial charge is 0.377 e. The van der Waals surface area contributed by atoms with Crippen LogP contribution in [-0.4, -0.2) is 95.1 Å². The van der Waals surface area contributed by atoms with Gasteiger partial charge in [0, 0.05) is 40.5 Å². The predicted molar refractivity (Wildman–Crippen MR) is 134 cm³/mol. The van der Waals surface area contributed by atoms with Gasteiger partial charge in [-0.2, -0.15) is 0 Å². The van der Waals surface area contributed by atoms with E-state index in [1.54, 1.807) is 28.4 Å². The monoisotopic (exact) mass is 480 g/mol. The Bertz CT molecular complexity index is 365. The highest BCUT2D eigenvalue weighted by molar-refractivity contribution is 6.74. The van der Waals surface area contributed by atoms with Crippen LogP contribution in [-0.2, 0) is 21.8 Å². The van der Waals surface area contributed by atoms with Crippen LogP contribution in [0.3, 0.4) is 0 Å². The van der Waals surface area contributed by atoms with Gasteiger partial charge in [0.25, 0.3) is 0 Å². The Kier molecular flexibility index (Phi) is 18.7. The lowest BCUT2D eigenvalue weighted by molar-refractivity contribution is 0.0845. The van der Waals surface area contributed by atoms with E-state index in [1.165, 1.54) is 25.7 Å². The van der Waals surface area contributed by atoms with Gasteiger partial charge in [-0.05, 0) is 77.8 Å². The molecule has 9 heteroatoms. The van der Waals surface area contributed by atoms with E-state index in [-0.39, 0.29) is 0 Å². The Morgan fingerprint density at radius 3 is 1.00 bits per heavy atom. The predicted octanol–water partition coefficient (Wildman–Crippen LogP) is 4.49. The average molecular weight is 481 g/mol. The zero-order chi connectivity index (χ0) is 23.6. The summed E-state index contributed by atoms with van der Waals surface area (Å²) in [5.74, 6) is 0. The van der Waals surface area contributed by atoms with Crippen LogP contribution >= 0.6 is 0 Å². The first-order valence-electron chi connectivity index (χ1n) is 12.3. The topological polar surface area (TPSA) is 52.6 Å². The van der Waals surface area contributed by atoms with E-state index in [9.17, 15) is 0 Å². The molecule has 7 nitrogen and oxygen atoms in total. The summed E-state index contributed by atoms with van der Waals surface area (Å²) in [6.45, 7) is 15.5. The summed E-state index contributed by atoms with van der Waals surface area (Å²) in [7, 11) is 1.04. The molecule has 0 atom stereocenters. The van der Waals surface area contributed by atoms with Gasteiger partial charge in [-0.15, -0.1) is 0 Å². The Hall–Kier alpha value is 0.154. The van der Waals surface area contributed by atoms with Crippen molar-refractivity contribution in [2.24, 2.45) is 0 Å². The van der Waals surface area contributed by atoms with Crippen LogP contribution in [0.25, 0.3) is 0 Å². The van der Waals surface area contributed by atoms with Crippen LogP contribution in [0.4, 0.5) is 0 Å². The molecule has 0 saturated heterocycles. The van der Waals surface area contributed by atoms with Gasteiger partial charge in [0.05, 0.1) is 0 Å². The number of hydrogen-bond acceptors (Lipinski definition) is 7. The standard InChI is InChI=1S/C22H52N2O5Si2/c1-9-15-23(16-10-2)19-13-21-30(25-5,26-6)29-31(27-7,28-8)22-14-20-24(17-11-3)18-12-4/h9-22H2,1-8H3. The maximum Gasteiger partial charge on any atom is 0.493 e. The molecule has 0 radical (unpaired) electrons. The van der Waals surface area contributed by atoms with Crippen LogP contribution in [0.2, 0.25) is 12.1 Å². The van der Waals surface area contributed by atoms with E-state index in [0.717, 1.165) is 64.2 Å². The highest BCUT2D eigenvalue weighted by atomic mass is 28.5. The molecule has 0 aliphatic heterocycles. The molecule has 0 aromatic carbocycles. The van der Waals surface area contributed by atoms with Gasteiger partial charge in [0.1, 0.15) is 0 Å². The van der Waals surface area contributed by atoms with Gasteiger partial charge >= 0.3 is 17.6 Å². The molecule has 0 bridgehead atoms. The number of hydrogen-bond donors (Lipinski definition) is 0. The van der Waals surface area contributed by atoms with Crippen molar-refractivity contribution in [2.75, 3.05) is 67.7 Å². The highest BCUT2D eigenvalue weighted by Gasteiger charge is 2.51. The first kappa shape index (κ1) is 31.2. The van der Waals surface area contributed by atoms with E-state index in [1.807, 2.05) is 0 Å². The van der Waals surface area contributed by atoms with Crippen LogP contribution < -0.4 is 0 Å². The van der Waals surface area contributed by atoms with E-state index in [4.69, 9.17) is 21.8 Å².